The Kier molecular flexibility index (Phi) is 8.38. The Balaban J connectivity index is 3.96. The normalized spacial score (nSPS) is 13.2. The van der Waals surface area contributed by atoms with Crippen LogP contribution in [0.15, 0.2) is 0 Å². The molecule has 0 spiro atoms. The van der Waals surface area contributed by atoms with Gasteiger partial charge in [-0.1, -0.05) is 58.3 Å². The highest BCUT2D eigenvalue weighted by Gasteiger charge is 2.29. The van der Waals surface area contributed by atoms with Crippen molar-refractivity contribution in [2.75, 3.05) is 0 Å². The fourth-order valence-electron chi connectivity index (χ4n) is 1.93. The van der Waals surface area contributed by atoms with E-state index in [2.05, 4.69) is 58.3 Å². The molecule has 0 atom stereocenters. The van der Waals surface area contributed by atoms with Gasteiger partial charge in [0.2, 0.25) is 0 Å². The Hall–Kier alpha value is 1.39. The quantitative estimate of drug-likeness (QED) is 0.354. The number of hydrogen-bond acceptors (Lipinski definition) is 0. The van der Waals surface area contributed by atoms with Gasteiger partial charge in [-0.05, 0) is 12.1 Å². The molecule has 0 N–H and O–H groups in total. The van der Waals surface area contributed by atoms with E-state index >= 15 is 0 Å². The van der Waals surface area contributed by atoms with Gasteiger partial charge in [-0.25, -0.2) is 0 Å². The van der Waals surface area contributed by atoms with Crippen LogP contribution in [0.5, 0.6) is 0 Å². The SMILES string of the molecule is CC[Si](Br)(CC)CCC[Si](Br)(CC)CC. The highest BCUT2D eigenvalue weighted by Crippen LogP contribution is 2.34. The summed E-state index contributed by atoms with van der Waals surface area (Å²) >= 11 is 8.07. The zero-order valence-corrected chi connectivity index (χ0v) is 15.9. The van der Waals surface area contributed by atoms with Crippen molar-refractivity contribution in [3.05, 3.63) is 0 Å². The van der Waals surface area contributed by atoms with E-state index < -0.39 is 13.4 Å². The molecule has 0 radical (unpaired) electrons. The van der Waals surface area contributed by atoms with Crippen molar-refractivity contribution < 1.29 is 0 Å². The minimum atomic E-state index is -1.01. The summed E-state index contributed by atoms with van der Waals surface area (Å²) in [7, 11) is 0. The first-order chi connectivity index (χ1) is 6.95. The van der Waals surface area contributed by atoms with Crippen LogP contribution < -0.4 is 0 Å². The molecule has 0 aliphatic carbocycles. The molecular weight excluding hydrogens is 348 g/mol. The summed E-state index contributed by atoms with van der Waals surface area (Å²) < 4.78 is 0. The summed E-state index contributed by atoms with van der Waals surface area (Å²) in [6, 6.07) is 8.50. The summed E-state index contributed by atoms with van der Waals surface area (Å²) in [6.45, 7) is 7.38. The van der Waals surface area contributed by atoms with E-state index in [1.807, 2.05) is 0 Å². The van der Waals surface area contributed by atoms with Gasteiger partial charge in [0.25, 0.3) is 0 Å². The predicted octanol–water partition coefficient (Wildman–Crippen LogP) is 6.14. The molecule has 0 heterocycles. The van der Waals surface area contributed by atoms with Gasteiger partial charge in [0.05, 0.1) is 0 Å². The van der Waals surface area contributed by atoms with Crippen molar-refractivity contribution in [3.63, 3.8) is 0 Å². The Labute approximate surface area is 114 Å². The van der Waals surface area contributed by atoms with E-state index in [0.29, 0.717) is 0 Å². The van der Waals surface area contributed by atoms with Crippen LogP contribution in [0.25, 0.3) is 0 Å². The second kappa shape index (κ2) is 7.67. The largest absolute Gasteiger partial charge is 0.129 e. The number of rotatable bonds is 8. The summed E-state index contributed by atoms with van der Waals surface area (Å²) in [6.07, 6.45) is 1.44. The lowest BCUT2D eigenvalue weighted by atomic mass is 10.6. The smallest absolute Gasteiger partial charge is 0.126 e. The van der Waals surface area contributed by atoms with E-state index in [1.54, 1.807) is 0 Å². The van der Waals surface area contributed by atoms with Gasteiger partial charge in [-0.3, -0.25) is 0 Å². The molecule has 0 bridgehead atoms. The fraction of sp³-hybridized carbons (Fsp3) is 1.00. The van der Waals surface area contributed by atoms with Crippen LogP contribution in [0.4, 0.5) is 0 Å². The molecule has 0 aliphatic heterocycles. The third-order valence-electron chi connectivity index (χ3n) is 3.78. The van der Waals surface area contributed by atoms with Gasteiger partial charge in [0.15, 0.2) is 0 Å². The van der Waals surface area contributed by atoms with Crippen molar-refractivity contribution in [2.24, 2.45) is 0 Å². The fourth-order valence-corrected chi connectivity index (χ4v) is 8.00. The summed E-state index contributed by atoms with van der Waals surface area (Å²) in [5.41, 5.74) is 0. The number of halogens is 2. The van der Waals surface area contributed by atoms with Crippen molar-refractivity contribution in [2.45, 2.75) is 70.4 Å². The minimum Gasteiger partial charge on any atom is -0.126 e. The highest BCUT2D eigenvalue weighted by atomic mass is 79.9. The van der Waals surface area contributed by atoms with Gasteiger partial charge in [-0.2, -0.15) is 0 Å². The Morgan fingerprint density at radius 3 is 1.13 bits per heavy atom. The second-order valence-electron chi connectivity index (χ2n) is 4.57. The second-order valence-corrected chi connectivity index (χ2v) is 23.1. The maximum Gasteiger partial charge on any atom is 0.129 e. The molecular formula is C11H26Br2Si2. The van der Waals surface area contributed by atoms with Crippen LogP contribution in [0, 0.1) is 0 Å². The van der Waals surface area contributed by atoms with Crippen LogP contribution in [-0.2, 0) is 0 Å². The molecule has 0 saturated carbocycles. The molecule has 92 valence electrons. The van der Waals surface area contributed by atoms with E-state index in [0.717, 1.165) is 0 Å². The minimum absolute atomic E-state index is 1.01. The molecule has 0 aromatic carbocycles. The Bertz CT molecular complexity index is 148. The lowest BCUT2D eigenvalue weighted by molar-refractivity contribution is 0.996. The van der Waals surface area contributed by atoms with Crippen LogP contribution in [-0.4, -0.2) is 13.4 Å². The maximum atomic E-state index is 4.03. The van der Waals surface area contributed by atoms with Gasteiger partial charge < -0.3 is 0 Å². The Morgan fingerprint density at radius 2 is 0.933 bits per heavy atom. The van der Waals surface area contributed by atoms with Crippen LogP contribution >= 0.6 is 30.6 Å². The first-order valence-electron chi connectivity index (χ1n) is 6.33. The Morgan fingerprint density at radius 1 is 0.667 bits per heavy atom. The molecule has 0 amide bonds. The zero-order chi connectivity index (χ0) is 11.9. The molecule has 0 unspecified atom stereocenters. The lowest BCUT2D eigenvalue weighted by Gasteiger charge is -2.25. The molecule has 0 nitrogen and oxygen atoms in total. The molecule has 0 aliphatic rings. The predicted molar refractivity (Wildman–Crippen MR) is 85.5 cm³/mol. The van der Waals surface area contributed by atoms with Crippen molar-refractivity contribution in [3.8, 4) is 0 Å². The van der Waals surface area contributed by atoms with E-state index in [-0.39, 0.29) is 0 Å². The molecule has 0 fully saturated rings. The maximum absolute atomic E-state index is 4.03. The summed E-state index contributed by atoms with van der Waals surface area (Å²) in [5, 5.41) is 0. The van der Waals surface area contributed by atoms with E-state index in [4.69, 9.17) is 0 Å². The first kappa shape index (κ1) is 16.4. The van der Waals surface area contributed by atoms with Crippen LogP contribution in [0.3, 0.4) is 0 Å². The molecule has 4 heteroatoms. The van der Waals surface area contributed by atoms with Crippen molar-refractivity contribution >= 4 is 44.0 Å². The third-order valence-corrected chi connectivity index (χ3v) is 20.5. The van der Waals surface area contributed by atoms with Crippen LogP contribution in [0.1, 0.15) is 34.1 Å². The van der Waals surface area contributed by atoms with Crippen LogP contribution in [0.2, 0.25) is 36.3 Å². The molecule has 15 heavy (non-hydrogen) atoms. The highest BCUT2D eigenvalue weighted by molar-refractivity contribution is 9.26. The van der Waals surface area contributed by atoms with Crippen molar-refractivity contribution in [1.82, 2.24) is 0 Å². The zero-order valence-electron chi connectivity index (χ0n) is 10.7. The average Bonchev–Trinajstić information content (AvgIpc) is 2.28. The number of hydrogen-bond donors (Lipinski definition) is 0. The molecule has 0 saturated heterocycles. The van der Waals surface area contributed by atoms with Gasteiger partial charge in [0.1, 0.15) is 13.4 Å². The lowest BCUT2D eigenvalue weighted by Crippen LogP contribution is -2.27. The topological polar surface area (TPSA) is 0 Å². The molecule has 0 aromatic heterocycles. The average molecular weight is 374 g/mol. The molecule has 0 rings (SSSR count). The summed E-state index contributed by atoms with van der Waals surface area (Å²) in [4.78, 5) is 0. The van der Waals surface area contributed by atoms with E-state index in [9.17, 15) is 0 Å². The van der Waals surface area contributed by atoms with Crippen molar-refractivity contribution in [1.29, 1.82) is 0 Å². The van der Waals surface area contributed by atoms with Gasteiger partial charge in [0, 0.05) is 0 Å². The van der Waals surface area contributed by atoms with Gasteiger partial charge >= 0.3 is 0 Å². The molecule has 0 aromatic rings. The first-order valence-corrected chi connectivity index (χ1v) is 16.1. The standard InChI is InChI=1S/C11H26Br2Si2/c1-5-14(12,6-2)10-9-11-15(13,7-3)8-4/h5-11H2,1-4H3. The monoisotopic (exact) mass is 372 g/mol. The van der Waals surface area contributed by atoms with Gasteiger partial charge in [-0.15, -0.1) is 30.6 Å². The summed E-state index contributed by atoms with van der Waals surface area (Å²) in [5.74, 6) is 0. The van der Waals surface area contributed by atoms with E-state index in [1.165, 1.54) is 42.7 Å². The third kappa shape index (κ3) is 6.03.